The smallest absolute Gasteiger partial charge is 0.394 e. The maximum atomic E-state index is 13.1. The van der Waals surface area contributed by atoms with Crippen LogP contribution in [-0.4, -0.2) is 81.9 Å². The van der Waals surface area contributed by atoms with E-state index in [-0.39, 0.29) is 47.5 Å². The quantitative estimate of drug-likeness (QED) is 0.270. The number of sulfone groups is 1. The molecule has 0 radical (unpaired) electrons. The molecule has 1 aromatic carbocycles. The molecule has 0 spiro atoms. The van der Waals surface area contributed by atoms with Crippen molar-refractivity contribution < 1.29 is 31.5 Å². The lowest BCUT2D eigenvalue weighted by atomic mass is 10.2. The Labute approximate surface area is 246 Å². The summed E-state index contributed by atoms with van der Waals surface area (Å²) in [6, 6.07) is 9.00. The Balaban J connectivity index is 1.17. The molecule has 232 valence electrons. The summed E-state index contributed by atoms with van der Waals surface area (Å²) in [6.07, 6.45) is 1.07. The Morgan fingerprint density at radius 3 is 2.56 bits per heavy atom. The van der Waals surface area contributed by atoms with Gasteiger partial charge in [-0.1, -0.05) is 17.3 Å². The maximum absolute atomic E-state index is 13.1. The predicted octanol–water partition coefficient (Wildman–Crippen LogP) is 1.51. The fourth-order valence-corrected chi connectivity index (χ4v) is 5.63. The van der Waals surface area contributed by atoms with Crippen molar-refractivity contribution >= 4 is 27.3 Å². The van der Waals surface area contributed by atoms with Crippen LogP contribution in [-0.2, 0) is 34.3 Å². The molecule has 2 N–H and O–H groups in total. The minimum atomic E-state index is -3.31. The Hall–Kier alpha value is -4.18. The van der Waals surface area contributed by atoms with E-state index in [0.29, 0.717) is 57.2 Å². The number of ether oxygens (including phenoxy) is 1. The van der Waals surface area contributed by atoms with Gasteiger partial charge in [0.15, 0.2) is 15.5 Å². The van der Waals surface area contributed by atoms with Crippen molar-refractivity contribution in [3.8, 4) is 5.75 Å². The van der Waals surface area contributed by atoms with Crippen molar-refractivity contribution in [3.05, 3.63) is 70.4 Å². The summed E-state index contributed by atoms with van der Waals surface area (Å²) >= 11 is 0. The lowest BCUT2D eigenvalue weighted by molar-refractivity contribution is -0.159. The van der Waals surface area contributed by atoms with E-state index in [1.54, 1.807) is 29.3 Å². The number of benzene rings is 1. The van der Waals surface area contributed by atoms with Crippen LogP contribution in [0.15, 0.2) is 53.6 Å². The average molecular weight is 622 g/mol. The predicted molar refractivity (Wildman–Crippen MR) is 153 cm³/mol. The number of nitrogens with one attached hydrogen (secondary N) is 2. The van der Waals surface area contributed by atoms with E-state index in [1.807, 2.05) is 0 Å². The highest BCUT2D eigenvalue weighted by Gasteiger charge is 2.24. The van der Waals surface area contributed by atoms with Gasteiger partial charge in [-0.3, -0.25) is 24.0 Å². The Bertz CT molecular complexity index is 1590. The highest BCUT2D eigenvalue weighted by Crippen LogP contribution is 2.21. The summed E-state index contributed by atoms with van der Waals surface area (Å²) in [5.74, 6) is -0.740. The Morgan fingerprint density at radius 1 is 1.09 bits per heavy atom. The lowest BCUT2D eigenvalue weighted by Crippen LogP contribution is -2.43. The Morgan fingerprint density at radius 2 is 1.84 bits per heavy atom. The van der Waals surface area contributed by atoms with Gasteiger partial charge in [-0.2, -0.15) is 8.78 Å². The number of nitrogens with zero attached hydrogens (tertiary/aromatic N) is 5. The van der Waals surface area contributed by atoms with Gasteiger partial charge in [0.2, 0.25) is 5.91 Å². The first kappa shape index (κ1) is 31.7. The number of amides is 2. The number of hydrogen-bond donors (Lipinski definition) is 2. The summed E-state index contributed by atoms with van der Waals surface area (Å²) in [5.41, 5.74) is 0.770. The highest BCUT2D eigenvalue weighted by atomic mass is 32.2. The third-order valence-electron chi connectivity index (χ3n) is 6.54. The molecule has 0 aliphatic carbocycles. The van der Waals surface area contributed by atoms with E-state index in [0.717, 1.165) is 0 Å². The average Bonchev–Trinajstić information content (AvgIpc) is 3.40. The normalized spacial score (nSPS) is 15.1. The van der Waals surface area contributed by atoms with Crippen LogP contribution in [0.4, 0.5) is 14.5 Å². The summed E-state index contributed by atoms with van der Waals surface area (Å²) in [5, 5.41) is 13.2. The van der Waals surface area contributed by atoms with Crippen molar-refractivity contribution in [2.24, 2.45) is 0 Å². The minimum Gasteiger partial charge on any atom is -0.433 e. The Kier molecular flexibility index (Phi) is 10.2. The molecule has 2 amide bonds. The number of carbonyl (C=O) groups is 2. The van der Waals surface area contributed by atoms with Crippen molar-refractivity contribution in [3.63, 3.8) is 0 Å². The number of hydrogen-bond acceptors (Lipinski definition) is 9. The van der Waals surface area contributed by atoms with Gasteiger partial charge in [0.25, 0.3) is 11.5 Å². The zero-order chi connectivity index (χ0) is 31.0. The molecular formula is C27H33F2N7O6S. The number of carbonyl (C=O) groups excluding carboxylic acids is 2. The molecule has 1 saturated heterocycles. The van der Waals surface area contributed by atoms with Gasteiger partial charge in [0.1, 0.15) is 5.75 Å². The highest BCUT2D eigenvalue weighted by molar-refractivity contribution is 7.91. The number of halogens is 2. The third-order valence-corrected chi connectivity index (χ3v) is 8.15. The van der Waals surface area contributed by atoms with Gasteiger partial charge < -0.3 is 19.9 Å². The van der Waals surface area contributed by atoms with Gasteiger partial charge in [0.05, 0.1) is 24.2 Å². The molecule has 0 unspecified atom stereocenters. The van der Waals surface area contributed by atoms with Crippen LogP contribution in [0.25, 0.3) is 0 Å². The van der Waals surface area contributed by atoms with Crippen LogP contribution in [0.5, 0.6) is 5.75 Å². The summed E-state index contributed by atoms with van der Waals surface area (Å²) < 4.78 is 56.8. The first-order valence-electron chi connectivity index (χ1n) is 13.6. The van der Waals surface area contributed by atoms with E-state index < -0.39 is 21.9 Å². The minimum absolute atomic E-state index is 0.0129. The molecule has 0 bridgehead atoms. The first-order valence-corrected chi connectivity index (χ1v) is 15.4. The fourth-order valence-electron chi connectivity index (χ4n) is 4.35. The molecule has 16 heteroatoms. The largest absolute Gasteiger partial charge is 0.433 e. The van der Waals surface area contributed by atoms with Crippen molar-refractivity contribution in [1.29, 1.82) is 0 Å². The van der Waals surface area contributed by atoms with Gasteiger partial charge in [-0.05, 0) is 36.6 Å². The number of rotatable bonds is 13. The number of alkyl halides is 2. The van der Waals surface area contributed by atoms with Crippen LogP contribution in [0, 0.1) is 0 Å². The van der Waals surface area contributed by atoms with Crippen LogP contribution in [0.1, 0.15) is 35.8 Å². The summed E-state index contributed by atoms with van der Waals surface area (Å²) in [6.45, 7) is 2.28. The fraction of sp³-hybridized carbons (Fsp3) is 0.444. The number of unbranched alkanes of at least 4 members (excludes halogenated alkanes) is 1. The molecule has 43 heavy (non-hydrogen) atoms. The van der Waals surface area contributed by atoms with Gasteiger partial charge in [0, 0.05) is 57.6 Å². The first-order chi connectivity index (χ1) is 20.3. The second-order valence-corrected chi connectivity index (χ2v) is 12.5. The summed E-state index contributed by atoms with van der Waals surface area (Å²) in [7, 11) is -3.03. The number of aromatic nitrogens is 4. The molecule has 0 saturated carbocycles. The zero-order valence-electron chi connectivity index (χ0n) is 23.5. The molecular weight excluding hydrogens is 588 g/mol. The zero-order valence-corrected chi connectivity index (χ0v) is 24.4. The standard InChI is InChI=1S/C27H33F2N7O6S/c1-27(28,29)42-22-6-4-5-20(15-22)17-30-26(39)23-18-36(33-32-23)9-3-2-8-35-10-7-21(16-25(35)38)31-24(37)19-34-11-13-43(40,41)14-12-34/h4-7,10,15-16,18H,2-3,8-9,11-14,17,19H2,1H3,(H,30,39)(H,31,37). The van der Waals surface area contributed by atoms with E-state index in [4.69, 9.17) is 0 Å². The molecule has 1 aliphatic heterocycles. The van der Waals surface area contributed by atoms with Crippen LogP contribution < -0.4 is 20.9 Å². The van der Waals surface area contributed by atoms with Crippen molar-refractivity contribution in [2.75, 3.05) is 36.5 Å². The van der Waals surface area contributed by atoms with Crippen LogP contribution in [0.2, 0.25) is 0 Å². The summed E-state index contributed by atoms with van der Waals surface area (Å²) in [4.78, 5) is 39.0. The van der Waals surface area contributed by atoms with Gasteiger partial charge in [-0.25, -0.2) is 8.42 Å². The number of aryl methyl sites for hydroxylation is 2. The number of pyridine rings is 1. The maximum Gasteiger partial charge on any atom is 0.394 e. The monoisotopic (exact) mass is 621 g/mol. The van der Waals surface area contributed by atoms with Crippen LogP contribution >= 0.6 is 0 Å². The third kappa shape index (κ3) is 10.2. The molecule has 3 heterocycles. The second-order valence-electron chi connectivity index (χ2n) is 10.2. The molecule has 13 nitrogen and oxygen atoms in total. The molecule has 4 rings (SSSR count). The molecule has 2 aromatic heterocycles. The van der Waals surface area contributed by atoms with Gasteiger partial charge in [-0.15, -0.1) is 5.10 Å². The van der Waals surface area contributed by atoms with Gasteiger partial charge >= 0.3 is 6.11 Å². The van der Waals surface area contributed by atoms with E-state index in [1.165, 1.54) is 33.6 Å². The lowest BCUT2D eigenvalue weighted by Gasteiger charge is -2.25. The van der Waals surface area contributed by atoms with Crippen LogP contribution in [0.3, 0.4) is 0 Å². The molecule has 1 aliphatic rings. The molecule has 0 atom stereocenters. The molecule has 3 aromatic rings. The van der Waals surface area contributed by atoms with E-state index in [9.17, 15) is 31.6 Å². The second kappa shape index (κ2) is 13.9. The SMILES string of the molecule is CC(F)(F)Oc1cccc(CNC(=O)c2cn(CCCCn3ccc(NC(=O)CN4CCS(=O)(=O)CC4)cc3=O)nn2)c1. The van der Waals surface area contributed by atoms with E-state index >= 15 is 0 Å². The molecule has 1 fully saturated rings. The number of anilines is 1. The van der Waals surface area contributed by atoms with Crippen molar-refractivity contribution in [2.45, 2.75) is 45.5 Å². The topological polar surface area (TPSA) is 158 Å². The van der Waals surface area contributed by atoms with Crippen molar-refractivity contribution in [1.82, 2.24) is 29.8 Å². The van der Waals surface area contributed by atoms with E-state index in [2.05, 4.69) is 25.7 Å².